The number of rotatable bonds is 8. The quantitative estimate of drug-likeness (QED) is 0.564. The third kappa shape index (κ3) is 5.12. The van der Waals surface area contributed by atoms with Crippen LogP contribution in [0.4, 0.5) is 5.82 Å². The molecule has 1 aromatic rings. The average molecular weight is 279 g/mol. The van der Waals surface area contributed by atoms with Crippen LogP contribution in [-0.2, 0) is 4.74 Å². The molecule has 1 aliphatic carbocycles. The van der Waals surface area contributed by atoms with Crippen molar-refractivity contribution in [3.8, 4) is 0 Å². The standard InChI is InChI=1S/C14H21N3OS/c1-10-7-12(14(15)19)8-13(17-10)16-5-2-6-18-9-11-3-4-11/h7-8,11H,2-6,9H2,1H3,(H2,15,19)(H,16,17). The molecule has 104 valence electrons. The Morgan fingerprint density at radius 3 is 3.00 bits per heavy atom. The molecular formula is C14H21N3OS. The number of nitrogens with one attached hydrogen (secondary N) is 1. The van der Waals surface area contributed by atoms with Crippen molar-refractivity contribution < 1.29 is 4.74 Å². The Balaban J connectivity index is 1.70. The van der Waals surface area contributed by atoms with Gasteiger partial charge in [-0.2, -0.15) is 0 Å². The fourth-order valence-electron chi connectivity index (χ4n) is 1.83. The van der Waals surface area contributed by atoms with E-state index >= 15 is 0 Å². The average Bonchev–Trinajstić information content (AvgIpc) is 3.17. The summed E-state index contributed by atoms with van der Waals surface area (Å²) in [5, 5.41) is 3.28. The van der Waals surface area contributed by atoms with Crippen LogP contribution < -0.4 is 11.1 Å². The van der Waals surface area contributed by atoms with Gasteiger partial charge in [0, 0.05) is 31.0 Å². The van der Waals surface area contributed by atoms with Crippen LogP contribution in [0.25, 0.3) is 0 Å². The van der Waals surface area contributed by atoms with E-state index in [2.05, 4.69) is 10.3 Å². The van der Waals surface area contributed by atoms with Crippen LogP contribution in [0.2, 0.25) is 0 Å². The lowest BCUT2D eigenvalue weighted by Crippen LogP contribution is -2.12. The van der Waals surface area contributed by atoms with Crippen molar-refractivity contribution in [2.75, 3.05) is 25.1 Å². The van der Waals surface area contributed by atoms with E-state index in [0.717, 1.165) is 49.2 Å². The third-order valence-electron chi connectivity index (χ3n) is 3.06. The van der Waals surface area contributed by atoms with Crippen LogP contribution in [0.5, 0.6) is 0 Å². The van der Waals surface area contributed by atoms with Crippen LogP contribution in [-0.4, -0.2) is 29.7 Å². The maximum absolute atomic E-state index is 5.64. The highest BCUT2D eigenvalue weighted by molar-refractivity contribution is 7.80. The van der Waals surface area contributed by atoms with Gasteiger partial charge in [-0.05, 0) is 44.2 Å². The van der Waals surface area contributed by atoms with Gasteiger partial charge >= 0.3 is 0 Å². The molecule has 0 amide bonds. The Bertz CT molecular complexity index is 446. The van der Waals surface area contributed by atoms with Crippen LogP contribution in [0.15, 0.2) is 12.1 Å². The maximum atomic E-state index is 5.64. The lowest BCUT2D eigenvalue weighted by atomic mass is 10.2. The first kappa shape index (κ1) is 14.2. The van der Waals surface area contributed by atoms with Crippen molar-refractivity contribution >= 4 is 23.0 Å². The zero-order valence-corrected chi connectivity index (χ0v) is 12.1. The Morgan fingerprint density at radius 1 is 1.53 bits per heavy atom. The molecule has 1 fully saturated rings. The van der Waals surface area contributed by atoms with Crippen LogP contribution in [0, 0.1) is 12.8 Å². The van der Waals surface area contributed by atoms with Crippen LogP contribution >= 0.6 is 12.2 Å². The minimum absolute atomic E-state index is 0.404. The Morgan fingerprint density at radius 2 is 2.32 bits per heavy atom. The minimum atomic E-state index is 0.404. The van der Waals surface area contributed by atoms with Crippen molar-refractivity contribution in [3.63, 3.8) is 0 Å². The minimum Gasteiger partial charge on any atom is -0.389 e. The molecular weight excluding hydrogens is 258 g/mol. The summed E-state index contributed by atoms with van der Waals surface area (Å²) in [5.41, 5.74) is 7.41. The van der Waals surface area contributed by atoms with Crippen molar-refractivity contribution in [2.24, 2.45) is 11.7 Å². The zero-order chi connectivity index (χ0) is 13.7. The molecule has 1 heterocycles. The number of thiocarbonyl (C=S) groups is 1. The molecule has 1 aromatic heterocycles. The van der Waals surface area contributed by atoms with Crippen molar-refractivity contribution in [1.29, 1.82) is 0 Å². The lowest BCUT2D eigenvalue weighted by Gasteiger charge is -2.09. The van der Waals surface area contributed by atoms with Gasteiger partial charge in [-0.15, -0.1) is 0 Å². The van der Waals surface area contributed by atoms with Gasteiger partial charge in [0.05, 0.1) is 0 Å². The largest absolute Gasteiger partial charge is 0.389 e. The molecule has 0 atom stereocenters. The summed E-state index contributed by atoms with van der Waals surface area (Å²) in [7, 11) is 0. The molecule has 0 spiro atoms. The third-order valence-corrected chi connectivity index (χ3v) is 3.30. The highest BCUT2D eigenvalue weighted by Gasteiger charge is 2.20. The Kier molecular flexibility index (Phi) is 5.10. The molecule has 0 bridgehead atoms. The second-order valence-corrected chi connectivity index (χ2v) is 5.49. The summed E-state index contributed by atoms with van der Waals surface area (Å²) in [5.74, 6) is 1.66. The smallest absolute Gasteiger partial charge is 0.126 e. The fourth-order valence-corrected chi connectivity index (χ4v) is 1.94. The number of hydrogen-bond acceptors (Lipinski definition) is 4. The fraction of sp³-hybridized carbons (Fsp3) is 0.571. The van der Waals surface area contributed by atoms with Gasteiger partial charge in [-0.3, -0.25) is 0 Å². The van der Waals surface area contributed by atoms with Gasteiger partial charge < -0.3 is 15.8 Å². The zero-order valence-electron chi connectivity index (χ0n) is 11.3. The molecule has 0 unspecified atom stereocenters. The van der Waals surface area contributed by atoms with Crippen molar-refractivity contribution in [2.45, 2.75) is 26.2 Å². The molecule has 0 saturated heterocycles. The van der Waals surface area contributed by atoms with E-state index in [-0.39, 0.29) is 0 Å². The van der Waals surface area contributed by atoms with Gasteiger partial charge in [0.1, 0.15) is 10.8 Å². The number of anilines is 1. The number of hydrogen-bond donors (Lipinski definition) is 2. The first-order chi connectivity index (χ1) is 9.15. The first-order valence-electron chi connectivity index (χ1n) is 6.75. The predicted octanol–water partition coefficient (Wildman–Crippen LogP) is 2.25. The van der Waals surface area contributed by atoms with E-state index in [4.69, 9.17) is 22.7 Å². The number of ether oxygens (including phenoxy) is 1. The Labute approximate surface area is 119 Å². The van der Waals surface area contributed by atoms with Gasteiger partial charge in [-0.1, -0.05) is 12.2 Å². The first-order valence-corrected chi connectivity index (χ1v) is 7.16. The second kappa shape index (κ2) is 6.82. The monoisotopic (exact) mass is 279 g/mol. The van der Waals surface area contributed by atoms with Gasteiger partial charge in [0.2, 0.25) is 0 Å². The summed E-state index contributed by atoms with van der Waals surface area (Å²) >= 11 is 4.98. The molecule has 0 aliphatic heterocycles. The van der Waals surface area contributed by atoms with Gasteiger partial charge in [0.25, 0.3) is 0 Å². The molecule has 5 heteroatoms. The maximum Gasteiger partial charge on any atom is 0.126 e. The summed E-state index contributed by atoms with van der Waals surface area (Å²) in [6.45, 7) is 4.51. The van der Waals surface area contributed by atoms with E-state index in [0.29, 0.717) is 4.99 Å². The van der Waals surface area contributed by atoms with Gasteiger partial charge in [0.15, 0.2) is 0 Å². The van der Waals surface area contributed by atoms with E-state index in [1.807, 2.05) is 19.1 Å². The highest BCUT2D eigenvalue weighted by Crippen LogP contribution is 2.28. The summed E-state index contributed by atoms with van der Waals surface area (Å²) in [6.07, 6.45) is 3.66. The summed E-state index contributed by atoms with van der Waals surface area (Å²) in [4.78, 5) is 4.81. The number of aromatic nitrogens is 1. The number of aryl methyl sites for hydroxylation is 1. The Hall–Kier alpha value is -1.20. The molecule has 19 heavy (non-hydrogen) atoms. The topological polar surface area (TPSA) is 60.2 Å². The van der Waals surface area contributed by atoms with Crippen molar-refractivity contribution in [1.82, 2.24) is 4.98 Å². The number of pyridine rings is 1. The second-order valence-electron chi connectivity index (χ2n) is 5.05. The van der Waals surface area contributed by atoms with Gasteiger partial charge in [-0.25, -0.2) is 4.98 Å². The van der Waals surface area contributed by atoms with E-state index in [1.54, 1.807) is 0 Å². The predicted molar refractivity (Wildman–Crippen MR) is 81.5 cm³/mol. The van der Waals surface area contributed by atoms with E-state index in [9.17, 15) is 0 Å². The van der Waals surface area contributed by atoms with Crippen molar-refractivity contribution in [3.05, 3.63) is 23.4 Å². The number of nitrogens with zero attached hydrogens (tertiary/aromatic N) is 1. The molecule has 1 saturated carbocycles. The lowest BCUT2D eigenvalue weighted by molar-refractivity contribution is 0.124. The molecule has 0 radical (unpaired) electrons. The summed E-state index contributed by atoms with van der Waals surface area (Å²) < 4.78 is 5.58. The molecule has 0 aromatic carbocycles. The van der Waals surface area contributed by atoms with E-state index < -0.39 is 0 Å². The molecule has 1 aliphatic rings. The molecule has 2 rings (SSSR count). The van der Waals surface area contributed by atoms with Crippen LogP contribution in [0.1, 0.15) is 30.5 Å². The van der Waals surface area contributed by atoms with E-state index in [1.165, 1.54) is 12.8 Å². The highest BCUT2D eigenvalue weighted by atomic mass is 32.1. The SMILES string of the molecule is Cc1cc(C(N)=S)cc(NCCCOCC2CC2)n1. The van der Waals surface area contributed by atoms with Crippen LogP contribution in [0.3, 0.4) is 0 Å². The summed E-state index contributed by atoms with van der Waals surface area (Å²) in [6, 6.07) is 3.78. The molecule has 3 N–H and O–H groups in total. The number of nitrogens with two attached hydrogens (primary N) is 1. The normalized spacial score (nSPS) is 14.4. The molecule has 4 nitrogen and oxygen atoms in total.